The van der Waals surface area contributed by atoms with Crippen molar-refractivity contribution in [1.82, 2.24) is 4.90 Å². The quantitative estimate of drug-likeness (QED) is 0.373. The molecular weight excluding hydrogens is 262 g/mol. The number of ether oxygens (including phenoxy) is 3. The van der Waals surface area contributed by atoms with E-state index >= 15 is 0 Å². The molecule has 0 radical (unpaired) electrons. The first-order chi connectivity index (χ1) is 9.72. The summed E-state index contributed by atoms with van der Waals surface area (Å²) in [6.07, 6.45) is 3.73. The minimum atomic E-state index is -0.517. The van der Waals surface area contributed by atoms with E-state index in [-0.39, 0.29) is 0 Å². The van der Waals surface area contributed by atoms with Gasteiger partial charge in [-0.2, -0.15) is 0 Å². The van der Waals surface area contributed by atoms with Crippen LogP contribution in [-0.2, 0) is 23.8 Å². The van der Waals surface area contributed by atoms with Crippen LogP contribution in [0.15, 0.2) is 12.2 Å². The Balaban J connectivity index is 2.04. The third kappa shape index (κ3) is 7.91. The summed E-state index contributed by atoms with van der Waals surface area (Å²) in [5, 5.41) is 0. The highest BCUT2D eigenvalue weighted by atomic mass is 16.5. The molecule has 0 aliphatic carbocycles. The summed E-state index contributed by atoms with van der Waals surface area (Å²) in [5.74, 6) is -1.03. The SMILES string of the molecule is CCCOC(=O)/C=C/C(=O)OCCCN1CCOCC1. The number of morpholine rings is 1. The van der Waals surface area contributed by atoms with Crippen LogP contribution < -0.4 is 0 Å². The van der Waals surface area contributed by atoms with Crippen molar-refractivity contribution in [3.8, 4) is 0 Å². The lowest BCUT2D eigenvalue weighted by atomic mass is 10.3. The van der Waals surface area contributed by atoms with Gasteiger partial charge < -0.3 is 14.2 Å². The molecule has 0 saturated carbocycles. The average Bonchev–Trinajstić information content (AvgIpc) is 2.48. The normalized spacial score (nSPS) is 16.2. The van der Waals surface area contributed by atoms with Gasteiger partial charge in [-0.05, 0) is 12.8 Å². The van der Waals surface area contributed by atoms with E-state index in [0.717, 1.165) is 57.8 Å². The highest BCUT2D eigenvalue weighted by molar-refractivity contribution is 5.91. The van der Waals surface area contributed by atoms with Gasteiger partial charge in [-0.3, -0.25) is 4.90 Å². The average molecular weight is 285 g/mol. The highest BCUT2D eigenvalue weighted by Crippen LogP contribution is 1.98. The maximum atomic E-state index is 11.3. The molecule has 1 fully saturated rings. The van der Waals surface area contributed by atoms with Crippen molar-refractivity contribution in [2.45, 2.75) is 19.8 Å². The number of hydrogen-bond donors (Lipinski definition) is 0. The summed E-state index contributed by atoms with van der Waals surface area (Å²) in [6, 6.07) is 0. The zero-order valence-corrected chi connectivity index (χ0v) is 12.0. The molecule has 114 valence electrons. The van der Waals surface area contributed by atoms with Crippen LogP contribution in [0.4, 0.5) is 0 Å². The molecule has 0 atom stereocenters. The molecule has 0 aromatic heterocycles. The van der Waals surface area contributed by atoms with Gasteiger partial charge in [0.2, 0.25) is 0 Å². The van der Waals surface area contributed by atoms with Crippen molar-refractivity contribution in [2.24, 2.45) is 0 Å². The van der Waals surface area contributed by atoms with Crippen LogP contribution in [0.5, 0.6) is 0 Å². The van der Waals surface area contributed by atoms with Gasteiger partial charge in [0.05, 0.1) is 26.4 Å². The van der Waals surface area contributed by atoms with E-state index in [0.29, 0.717) is 13.2 Å². The van der Waals surface area contributed by atoms with Crippen LogP contribution in [0.2, 0.25) is 0 Å². The Hall–Kier alpha value is -1.40. The van der Waals surface area contributed by atoms with Gasteiger partial charge in [-0.25, -0.2) is 9.59 Å². The molecule has 20 heavy (non-hydrogen) atoms. The van der Waals surface area contributed by atoms with E-state index < -0.39 is 11.9 Å². The molecule has 0 bridgehead atoms. The third-order valence-electron chi connectivity index (χ3n) is 2.77. The number of carbonyl (C=O) groups excluding carboxylic acids is 2. The molecule has 0 amide bonds. The Morgan fingerprint density at radius 3 is 2.30 bits per heavy atom. The topological polar surface area (TPSA) is 65.1 Å². The first-order valence-corrected chi connectivity index (χ1v) is 7.04. The maximum absolute atomic E-state index is 11.3. The van der Waals surface area contributed by atoms with E-state index in [1.807, 2.05) is 6.92 Å². The van der Waals surface area contributed by atoms with Crippen LogP contribution in [0.3, 0.4) is 0 Å². The molecule has 0 aromatic carbocycles. The van der Waals surface area contributed by atoms with E-state index in [1.54, 1.807) is 0 Å². The number of esters is 2. The summed E-state index contributed by atoms with van der Waals surface area (Å²) in [6.45, 7) is 6.89. The smallest absolute Gasteiger partial charge is 0.331 e. The second-order valence-electron chi connectivity index (χ2n) is 4.48. The minimum Gasteiger partial charge on any atom is -0.463 e. The summed E-state index contributed by atoms with van der Waals surface area (Å²) < 4.78 is 15.0. The number of nitrogens with zero attached hydrogens (tertiary/aromatic N) is 1. The maximum Gasteiger partial charge on any atom is 0.331 e. The fourth-order valence-corrected chi connectivity index (χ4v) is 1.72. The van der Waals surface area contributed by atoms with Crippen molar-refractivity contribution < 1.29 is 23.8 Å². The van der Waals surface area contributed by atoms with Gasteiger partial charge >= 0.3 is 11.9 Å². The van der Waals surface area contributed by atoms with Crippen molar-refractivity contribution in [3.63, 3.8) is 0 Å². The van der Waals surface area contributed by atoms with Crippen LogP contribution >= 0.6 is 0 Å². The lowest BCUT2D eigenvalue weighted by molar-refractivity contribution is -0.140. The van der Waals surface area contributed by atoms with E-state index in [4.69, 9.17) is 14.2 Å². The fraction of sp³-hybridized carbons (Fsp3) is 0.714. The van der Waals surface area contributed by atoms with Gasteiger partial charge in [-0.1, -0.05) is 6.92 Å². The minimum absolute atomic E-state index is 0.352. The molecule has 6 nitrogen and oxygen atoms in total. The molecule has 6 heteroatoms. The Labute approximate surface area is 119 Å². The molecule has 0 aromatic rings. The summed E-state index contributed by atoms with van der Waals surface area (Å²) in [5.41, 5.74) is 0. The van der Waals surface area contributed by atoms with Crippen LogP contribution in [0.25, 0.3) is 0 Å². The lowest BCUT2D eigenvalue weighted by Gasteiger charge is -2.26. The molecule has 1 rings (SSSR count). The predicted molar refractivity (Wildman–Crippen MR) is 73.2 cm³/mol. The fourth-order valence-electron chi connectivity index (χ4n) is 1.72. The predicted octanol–water partition coefficient (Wildman–Crippen LogP) is 0.761. The summed E-state index contributed by atoms with van der Waals surface area (Å²) >= 11 is 0. The zero-order valence-electron chi connectivity index (χ0n) is 12.0. The highest BCUT2D eigenvalue weighted by Gasteiger charge is 2.09. The largest absolute Gasteiger partial charge is 0.463 e. The van der Waals surface area contributed by atoms with Crippen LogP contribution in [0.1, 0.15) is 19.8 Å². The van der Waals surface area contributed by atoms with Gasteiger partial charge in [0.25, 0.3) is 0 Å². The van der Waals surface area contributed by atoms with E-state index in [9.17, 15) is 9.59 Å². The van der Waals surface area contributed by atoms with Gasteiger partial charge in [0.15, 0.2) is 0 Å². The van der Waals surface area contributed by atoms with Gasteiger partial charge in [0, 0.05) is 31.8 Å². The first kappa shape index (κ1) is 16.7. The van der Waals surface area contributed by atoms with Crippen molar-refractivity contribution >= 4 is 11.9 Å². The van der Waals surface area contributed by atoms with Crippen molar-refractivity contribution in [3.05, 3.63) is 12.2 Å². The molecule has 0 spiro atoms. The third-order valence-corrected chi connectivity index (χ3v) is 2.77. The van der Waals surface area contributed by atoms with Crippen LogP contribution in [-0.4, -0.2) is 62.9 Å². The Bertz CT molecular complexity index is 324. The second-order valence-corrected chi connectivity index (χ2v) is 4.48. The molecule has 1 aliphatic rings. The summed E-state index contributed by atoms with van der Waals surface area (Å²) in [7, 11) is 0. The van der Waals surface area contributed by atoms with Crippen LogP contribution in [0, 0.1) is 0 Å². The number of carbonyl (C=O) groups is 2. The Kier molecular flexibility index (Phi) is 8.66. The number of rotatable bonds is 8. The summed E-state index contributed by atoms with van der Waals surface area (Å²) in [4.78, 5) is 24.7. The lowest BCUT2D eigenvalue weighted by Crippen LogP contribution is -2.37. The van der Waals surface area contributed by atoms with Crippen molar-refractivity contribution in [1.29, 1.82) is 0 Å². The Morgan fingerprint density at radius 2 is 1.70 bits per heavy atom. The standard InChI is InChI=1S/C14H23NO5/c1-2-9-19-13(16)4-5-14(17)20-10-3-6-15-7-11-18-12-8-15/h4-5H,2-3,6-12H2,1H3/b5-4+. The number of hydrogen-bond acceptors (Lipinski definition) is 6. The van der Waals surface area contributed by atoms with E-state index in [1.165, 1.54) is 0 Å². The van der Waals surface area contributed by atoms with Gasteiger partial charge in [-0.15, -0.1) is 0 Å². The molecule has 1 saturated heterocycles. The second kappa shape index (κ2) is 10.4. The first-order valence-electron chi connectivity index (χ1n) is 7.04. The molecule has 0 N–H and O–H groups in total. The molecule has 1 heterocycles. The zero-order chi connectivity index (χ0) is 14.6. The Morgan fingerprint density at radius 1 is 1.10 bits per heavy atom. The molecule has 1 aliphatic heterocycles. The van der Waals surface area contributed by atoms with E-state index in [2.05, 4.69) is 4.90 Å². The monoisotopic (exact) mass is 285 g/mol. The van der Waals surface area contributed by atoms with Gasteiger partial charge in [0.1, 0.15) is 0 Å². The van der Waals surface area contributed by atoms with Crippen molar-refractivity contribution in [2.75, 3.05) is 46.1 Å². The molecule has 0 unspecified atom stereocenters. The molecular formula is C14H23NO5.